The van der Waals surface area contributed by atoms with Crippen LogP contribution >= 0.6 is 7.82 Å². The summed E-state index contributed by atoms with van der Waals surface area (Å²) in [5.74, 6) is 0.445. The lowest BCUT2D eigenvalue weighted by Gasteiger charge is -2.19. The molecule has 0 aliphatic carbocycles. The Balaban J connectivity index is 1.93. The van der Waals surface area contributed by atoms with Crippen molar-refractivity contribution >= 4 is 30.8 Å². The van der Waals surface area contributed by atoms with E-state index in [0.29, 0.717) is 18.0 Å². The fraction of sp³-hybridized carbons (Fsp3) is 0.643. The van der Waals surface area contributed by atoms with Crippen molar-refractivity contribution in [2.75, 3.05) is 24.2 Å². The smallest absolute Gasteiger partial charge is 0.387 e. The number of phosphoric acid groups is 1. The summed E-state index contributed by atoms with van der Waals surface area (Å²) in [6.45, 7) is 2.00. The third-order valence-electron chi connectivity index (χ3n) is 4.32. The normalized spacial score (nSPS) is 25.5. The minimum Gasteiger partial charge on any atom is -0.387 e. The molecule has 7 N–H and O–H groups in total. The molecule has 3 rings (SSSR count). The first-order chi connectivity index (χ1) is 13.2. The molecule has 0 radical (unpaired) electrons. The van der Waals surface area contributed by atoms with E-state index in [4.69, 9.17) is 20.3 Å². The lowest BCUT2D eigenvalue weighted by atomic mass is 10.1. The summed E-state index contributed by atoms with van der Waals surface area (Å²) in [5.41, 5.74) is 6.43. The SMILES string of the molecule is CCCCNc1nc2c(N)ncnc2n1[C@@H]1O[C@H](COP(=O)(O)O)[C@@H](O)[C@H]1O. The molecule has 1 saturated heterocycles. The number of aliphatic hydroxyl groups is 2. The van der Waals surface area contributed by atoms with E-state index < -0.39 is 39.0 Å². The second-order valence-corrected chi connectivity index (χ2v) is 7.59. The van der Waals surface area contributed by atoms with Crippen LogP contribution in [0.5, 0.6) is 0 Å². The number of ether oxygens (including phenoxy) is 1. The van der Waals surface area contributed by atoms with Crippen LogP contribution in [-0.2, 0) is 13.8 Å². The van der Waals surface area contributed by atoms with Gasteiger partial charge < -0.3 is 35.8 Å². The van der Waals surface area contributed by atoms with Crippen molar-refractivity contribution in [2.24, 2.45) is 0 Å². The molecule has 2 aromatic heterocycles. The molecule has 28 heavy (non-hydrogen) atoms. The Kier molecular flexibility index (Phi) is 6.15. The van der Waals surface area contributed by atoms with Crippen molar-refractivity contribution in [1.82, 2.24) is 19.5 Å². The van der Waals surface area contributed by atoms with E-state index in [1.54, 1.807) is 0 Å². The minimum absolute atomic E-state index is 0.136. The number of hydrogen-bond acceptors (Lipinski definition) is 10. The third-order valence-corrected chi connectivity index (χ3v) is 4.80. The van der Waals surface area contributed by atoms with E-state index in [1.807, 2.05) is 6.92 Å². The number of unbranched alkanes of at least 4 members (excludes halogenated alkanes) is 1. The van der Waals surface area contributed by atoms with Crippen molar-refractivity contribution in [2.45, 2.75) is 44.3 Å². The van der Waals surface area contributed by atoms with Crippen molar-refractivity contribution in [1.29, 1.82) is 0 Å². The van der Waals surface area contributed by atoms with Gasteiger partial charge in [0.2, 0.25) is 5.95 Å². The number of nitrogen functional groups attached to an aromatic ring is 1. The second-order valence-electron chi connectivity index (χ2n) is 6.35. The maximum absolute atomic E-state index is 10.9. The second kappa shape index (κ2) is 8.25. The summed E-state index contributed by atoms with van der Waals surface area (Å²) >= 11 is 0. The number of fused-ring (bicyclic) bond motifs is 1. The summed E-state index contributed by atoms with van der Waals surface area (Å²) in [4.78, 5) is 30.1. The predicted molar refractivity (Wildman–Crippen MR) is 97.1 cm³/mol. The van der Waals surface area contributed by atoms with E-state index in [9.17, 15) is 14.8 Å². The van der Waals surface area contributed by atoms with E-state index in [1.165, 1.54) is 10.9 Å². The van der Waals surface area contributed by atoms with Crippen molar-refractivity contribution in [3.63, 3.8) is 0 Å². The van der Waals surface area contributed by atoms with Crippen LogP contribution in [0.4, 0.5) is 11.8 Å². The number of imidazole rings is 1. The predicted octanol–water partition coefficient (Wildman–Crippen LogP) is -0.651. The van der Waals surface area contributed by atoms with Crippen LogP contribution < -0.4 is 11.1 Å². The minimum atomic E-state index is -4.76. The number of hydrogen-bond donors (Lipinski definition) is 6. The Labute approximate surface area is 159 Å². The fourth-order valence-corrected chi connectivity index (χ4v) is 3.26. The third kappa shape index (κ3) is 4.25. The van der Waals surface area contributed by atoms with Gasteiger partial charge in [-0.1, -0.05) is 13.3 Å². The molecule has 0 spiro atoms. The Morgan fingerprint density at radius 3 is 2.79 bits per heavy atom. The summed E-state index contributed by atoms with van der Waals surface area (Å²) < 4.78 is 22.4. The van der Waals surface area contributed by atoms with Gasteiger partial charge in [0.15, 0.2) is 23.2 Å². The zero-order valence-corrected chi connectivity index (χ0v) is 15.9. The molecule has 0 aromatic carbocycles. The van der Waals surface area contributed by atoms with Crippen LogP contribution in [0.1, 0.15) is 26.0 Å². The Bertz CT molecular complexity index is 873. The molecule has 2 aromatic rings. The number of nitrogens with two attached hydrogens (primary N) is 1. The van der Waals surface area contributed by atoms with Crippen LogP contribution in [0.15, 0.2) is 6.33 Å². The first kappa shape index (κ1) is 20.9. The largest absolute Gasteiger partial charge is 0.469 e. The monoisotopic (exact) mass is 418 g/mol. The summed E-state index contributed by atoms with van der Waals surface area (Å²) in [6.07, 6.45) is -2.14. The molecule has 1 aliphatic rings. The van der Waals surface area contributed by atoms with Crippen molar-refractivity contribution in [3.8, 4) is 0 Å². The molecule has 0 amide bonds. The number of anilines is 2. The molecule has 0 bridgehead atoms. The van der Waals surface area contributed by atoms with Gasteiger partial charge in [-0.05, 0) is 6.42 Å². The van der Waals surface area contributed by atoms with E-state index in [2.05, 4.69) is 24.8 Å². The Hall–Kier alpha value is -1.86. The van der Waals surface area contributed by atoms with Gasteiger partial charge in [-0.3, -0.25) is 9.09 Å². The highest BCUT2D eigenvalue weighted by Crippen LogP contribution is 2.39. The van der Waals surface area contributed by atoms with Gasteiger partial charge in [0, 0.05) is 6.54 Å². The summed E-state index contributed by atoms with van der Waals surface area (Å²) in [7, 11) is -4.76. The molecule has 0 unspecified atom stereocenters. The lowest BCUT2D eigenvalue weighted by Crippen LogP contribution is -2.33. The Morgan fingerprint density at radius 1 is 1.36 bits per heavy atom. The van der Waals surface area contributed by atoms with Crippen LogP contribution in [0.3, 0.4) is 0 Å². The van der Waals surface area contributed by atoms with E-state index in [0.717, 1.165) is 12.8 Å². The molecule has 4 atom stereocenters. The van der Waals surface area contributed by atoms with Gasteiger partial charge in [-0.2, -0.15) is 0 Å². The molecular weight excluding hydrogens is 395 g/mol. The van der Waals surface area contributed by atoms with Gasteiger partial charge in [0.1, 0.15) is 24.6 Å². The van der Waals surface area contributed by atoms with Gasteiger partial charge in [0.05, 0.1) is 6.61 Å². The molecule has 0 saturated carbocycles. The van der Waals surface area contributed by atoms with Gasteiger partial charge in [-0.25, -0.2) is 19.5 Å². The number of nitrogens with zero attached hydrogens (tertiary/aromatic N) is 4. The average Bonchev–Trinajstić information content (AvgIpc) is 3.12. The van der Waals surface area contributed by atoms with Crippen molar-refractivity contribution < 1.29 is 33.8 Å². The average molecular weight is 418 g/mol. The summed E-state index contributed by atoms with van der Waals surface area (Å²) in [5, 5.41) is 23.8. The molecule has 14 heteroatoms. The van der Waals surface area contributed by atoms with E-state index in [-0.39, 0.29) is 11.5 Å². The molecule has 13 nitrogen and oxygen atoms in total. The highest BCUT2D eigenvalue weighted by molar-refractivity contribution is 7.46. The molecular formula is C14H23N6O7P. The van der Waals surface area contributed by atoms with Crippen molar-refractivity contribution in [3.05, 3.63) is 6.33 Å². The molecule has 1 fully saturated rings. The first-order valence-electron chi connectivity index (χ1n) is 8.67. The van der Waals surface area contributed by atoms with Crippen LogP contribution in [0.2, 0.25) is 0 Å². The maximum Gasteiger partial charge on any atom is 0.469 e. The number of aromatic nitrogens is 4. The summed E-state index contributed by atoms with van der Waals surface area (Å²) in [6, 6.07) is 0. The molecule has 1 aliphatic heterocycles. The van der Waals surface area contributed by atoms with Crippen LogP contribution in [0, 0.1) is 0 Å². The highest BCUT2D eigenvalue weighted by atomic mass is 31.2. The van der Waals surface area contributed by atoms with Gasteiger partial charge in [-0.15, -0.1) is 0 Å². The maximum atomic E-state index is 10.9. The van der Waals surface area contributed by atoms with Crippen LogP contribution in [-0.4, -0.2) is 71.0 Å². The standard InChI is InChI=1S/C14H23N6O7P/c1-2-3-4-16-14-19-8-11(15)17-6-18-12(8)20(14)13-10(22)9(21)7(27-13)5-26-28(23,24)25/h6-7,9-10,13,21-22H,2-5H2,1H3,(H,16,19)(H2,15,17,18)(H2,23,24,25)/t7-,9-,10-,13-/m1/s1. The van der Waals surface area contributed by atoms with E-state index >= 15 is 0 Å². The fourth-order valence-electron chi connectivity index (χ4n) is 2.92. The Morgan fingerprint density at radius 2 is 2.11 bits per heavy atom. The topological polar surface area (TPSA) is 198 Å². The number of aliphatic hydroxyl groups excluding tert-OH is 2. The number of rotatable bonds is 8. The zero-order chi connectivity index (χ0) is 20.5. The zero-order valence-electron chi connectivity index (χ0n) is 15.0. The number of phosphoric ester groups is 1. The lowest BCUT2D eigenvalue weighted by molar-refractivity contribution is -0.0494. The van der Waals surface area contributed by atoms with Crippen LogP contribution in [0.25, 0.3) is 11.2 Å². The highest BCUT2D eigenvalue weighted by Gasteiger charge is 2.46. The quantitative estimate of drug-likeness (QED) is 0.234. The molecule has 156 valence electrons. The molecule has 3 heterocycles. The number of nitrogens with one attached hydrogen (secondary N) is 1. The first-order valence-corrected chi connectivity index (χ1v) is 10.2. The van der Waals surface area contributed by atoms with Gasteiger partial charge >= 0.3 is 7.82 Å². The van der Waals surface area contributed by atoms with Gasteiger partial charge in [0.25, 0.3) is 0 Å².